The van der Waals surface area contributed by atoms with Gasteiger partial charge < -0.3 is 20.6 Å². The lowest BCUT2D eigenvalue weighted by Gasteiger charge is -2.31. The van der Waals surface area contributed by atoms with Gasteiger partial charge in [0.05, 0.1) is 12.5 Å². The van der Waals surface area contributed by atoms with Crippen LogP contribution in [0.2, 0.25) is 0 Å². The molecule has 0 saturated heterocycles. The molecule has 0 aliphatic heterocycles. The van der Waals surface area contributed by atoms with E-state index in [4.69, 9.17) is 5.11 Å². The number of hydrogen-bond donors (Lipinski definition) is 3. The Morgan fingerprint density at radius 2 is 1.62 bits per heavy atom. The SMILES string of the molecule is CN(C(=O)CNC(=O)NC1CCC(C(=O)O)CC1)C1CCCCC1. The number of nitrogens with zero attached hydrogens (tertiary/aromatic N) is 1. The van der Waals surface area contributed by atoms with Gasteiger partial charge in [-0.1, -0.05) is 19.3 Å². The van der Waals surface area contributed by atoms with Gasteiger partial charge >= 0.3 is 12.0 Å². The molecule has 0 aromatic carbocycles. The first-order valence-corrected chi connectivity index (χ1v) is 9.00. The lowest BCUT2D eigenvalue weighted by Crippen LogP contribution is -2.48. The molecule has 0 aromatic heterocycles. The van der Waals surface area contributed by atoms with Gasteiger partial charge in [-0.05, 0) is 38.5 Å². The summed E-state index contributed by atoms with van der Waals surface area (Å²) in [6.45, 7) is 0.00328. The van der Waals surface area contributed by atoms with Crippen molar-refractivity contribution in [3.05, 3.63) is 0 Å². The molecule has 2 aliphatic carbocycles. The molecular formula is C17H29N3O4. The molecule has 24 heavy (non-hydrogen) atoms. The van der Waals surface area contributed by atoms with Crippen LogP contribution in [0, 0.1) is 5.92 Å². The van der Waals surface area contributed by atoms with E-state index in [2.05, 4.69) is 10.6 Å². The second-order valence-electron chi connectivity index (χ2n) is 7.01. The number of carboxylic acids is 1. The van der Waals surface area contributed by atoms with E-state index < -0.39 is 5.97 Å². The van der Waals surface area contributed by atoms with E-state index in [1.54, 1.807) is 4.90 Å². The molecule has 0 heterocycles. The van der Waals surface area contributed by atoms with Crippen molar-refractivity contribution in [2.24, 2.45) is 5.92 Å². The van der Waals surface area contributed by atoms with Gasteiger partial charge in [-0.2, -0.15) is 0 Å². The van der Waals surface area contributed by atoms with Gasteiger partial charge in [-0.25, -0.2) is 4.79 Å². The van der Waals surface area contributed by atoms with Gasteiger partial charge in [0.15, 0.2) is 0 Å². The summed E-state index contributed by atoms with van der Waals surface area (Å²) >= 11 is 0. The molecule has 0 aromatic rings. The number of carbonyl (C=O) groups is 3. The average Bonchev–Trinajstić information content (AvgIpc) is 2.60. The smallest absolute Gasteiger partial charge is 0.315 e. The van der Waals surface area contributed by atoms with Crippen LogP contribution in [0.4, 0.5) is 4.79 Å². The van der Waals surface area contributed by atoms with Crippen molar-refractivity contribution in [1.82, 2.24) is 15.5 Å². The van der Waals surface area contributed by atoms with E-state index in [1.807, 2.05) is 7.05 Å². The average molecular weight is 339 g/mol. The van der Waals surface area contributed by atoms with Gasteiger partial charge in [0.1, 0.15) is 0 Å². The maximum absolute atomic E-state index is 12.2. The summed E-state index contributed by atoms with van der Waals surface area (Å²) in [7, 11) is 1.81. The van der Waals surface area contributed by atoms with Crippen LogP contribution >= 0.6 is 0 Å². The third-order valence-corrected chi connectivity index (χ3v) is 5.33. The fourth-order valence-electron chi connectivity index (χ4n) is 3.67. The minimum absolute atomic E-state index is 0.00328. The van der Waals surface area contributed by atoms with E-state index in [-0.39, 0.29) is 30.4 Å². The Hall–Kier alpha value is -1.79. The third-order valence-electron chi connectivity index (χ3n) is 5.33. The highest BCUT2D eigenvalue weighted by Gasteiger charge is 2.27. The second-order valence-corrected chi connectivity index (χ2v) is 7.01. The maximum atomic E-state index is 12.2. The van der Waals surface area contributed by atoms with Crippen LogP contribution in [-0.2, 0) is 9.59 Å². The van der Waals surface area contributed by atoms with E-state index in [0.29, 0.717) is 31.7 Å². The molecule has 0 bridgehead atoms. The highest BCUT2D eigenvalue weighted by Crippen LogP contribution is 2.24. The molecule has 136 valence electrons. The normalized spacial score (nSPS) is 24.9. The van der Waals surface area contributed by atoms with Crippen LogP contribution < -0.4 is 10.6 Å². The third kappa shape index (κ3) is 5.39. The number of rotatable bonds is 5. The van der Waals surface area contributed by atoms with Crippen molar-refractivity contribution < 1.29 is 19.5 Å². The molecular weight excluding hydrogens is 310 g/mol. The van der Waals surface area contributed by atoms with Crippen molar-refractivity contribution in [1.29, 1.82) is 0 Å². The number of amides is 3. The Morgan fingerprint density at radius 3 is 2.21 bits per heavy atom. The Kier molecular flexibility index (Phi) is 6.87. The standard InChI is InChI=1S/C17H29N3O4/c1-20(14-5-3-2-4-6-14)15(21)11-18-17(24)19-13-9-7-12(8-10-13)16(22)23/h12-14H,2-11H2,1H3,(H,22,23)(H2,18,19,24). The van der Waals surface area contributed by atoms with Crippen LogP contribution in [0.3, 0.4) is 0 Å². The summed E-state index contributed by atoms with van der Waals surface area (Å²) < 4.78 is 0. The van der Waals surface area contributed by atoms with Crippen LogP contribution in [-0.4, -0.2) is 53.6 Å². The van der Waals surface area contributed by atoms with Crippen molar-refractivity contribution in [2.45, 2.75) is 69.9 Å². The number of likely N-dealkylation sites (N-methyl/N-ethyl adjacent to an activating group) is 1. The topological polar surface area (TPSA) is 98.7 Å². The lowest BCUT2D eigenvalue weighted by molar-refractivity contribution is -0.142. The molecule has 7 heteroatoms. The number of nitrogens with one attached hydrogen (secondary N) is 2. The Bertz CT molecular complexity index is 455. The Balaban J connectivity index is 1.65. The van der Waals surface area contributed by atoms with E-state index >= 15 is 0 Å². The van der Waals surface area contributed by atoms with Gasteiger partial charge in [0.2, 0.25) is 5.91 Å². The molecule has 3 N–H and O–H groups in total. The summed E-state index contributed by atoms with van der Waals surface area (Å²) in [4.78, 5) is 36.8. The van der Waals surface area contributed by atoms with Crippen molar-refractivity contribution in [3.63, 3.8) is 0 Å². The quantitative estimate of drug-likeness (QED) is 0.710. The number of hydrogen-bond acceptors (Lipinski definition) is 3. The first-order chi connectivity index (χ1) is 11.5. The predicted octanol–water partition coefficient (Wildman–Crippen LogP) is 1.72. The van der Waals surface area contributed by atoms with E-state index in [1.165, 1.54) is 6.42 Å². The predicted molar refractivity (Wildman–Crippen MR) is 89.6 cm³/mol. The van der Waals surface area contributed by atoms with Crippen LogP contribution in [0.1, 0.15) is 57.8 Å². The first-order valence-electron chi connectivity index (χ1n) is 9.00. The lowest BCUT2D eigenvalue weighted by atomic mass is 9.86. The Labute approximate surface area is 143 Å². The molecule has 0 atom stereocenters. The molecule has 0 unspecified atom stereocenters. The first kappa shape index (κ1) is 18.5. The molecule has 2 aliphatic rings. The summed E-state index contributed by atoms with van der Waals surface area (Å²) in [6.07, 6.45) is 8.16. The highest BCUT2D eigenvalue weighted by atomic mass is 16.4. The fraction of sp³-hybridized carbons (Fsp3) is 0.824. The largest absolute Gasteiger partial charge is 0.481 e. The molecule has 2 saturated carbocycles. The van der Waals surface area contributed by atoms with Gasteiger partial charge in [0, 0.05) is 19.1 Å². The highest BCUT2D eigenvalue weighted by molar-refractivity contribution is 5.84. The molecule has 2 fully saturated rings. The number of urea groups is 1. The van der Waals surface area contributed by atoms with E-state index in [9.17, 15) is 14.4 Å². The second kappa shape index (κ2) is 8.89. The molecule has 3 amide bonds. The minimum atomic E-state index is -0.755. The summed E-state index contributed by atoms with van der Waals surface area (Å²) in [6, 6.07) is -0.0617. The molecule has 7 nitrogen and oxygen atoms in total. The molecule has 0 spiro atoms. The van der Waals surface area contributed by atoms with Crippen molar-refractivity contribution >= 4 is 17.9 Å². The zero-order chi connectivity index (χ0) is 17.5. The number of carboxylic acid groups (broad SMARTS) is 1. The van der Waals surface area contributed by atoms with E-state index in [0.717, 1.165) is 25.7 Å². The van der Waals surface area contributed by atoms with Crippen LogP contribution in [0.15, 0.2) is 0 Å². The van der Waals surface area contributed by atoms with Crippen molar-refractivity contribution in [2.75, 3.05) is 13.6 Å². The summed E-state index contributed by atoms with van der Waals surface area (Å²) in [5, 5.41) is 14.4. The van der Waals surface area contributed by atoms with Gasteiger partial charge in [-0.3, -0.25) is 9.59 Å². The number of aliphatic carboxylic acids is 1. The molecule has 2 rings (SSSR count). The number of carbonyl (C=O) groups excluding carboxylic acids is 2. The fourth-order valence-corrected chi connectivity index (χ4v) is 3.67. The maximum Gasteiger partial charge on any atom is 0.315 e. The summed E-state index contributed by atoms with van der Waals surface area (Å²) in [5.74, 6) is -1.11. The van der Waals surface area contributed by atoms with Gasteiger partial charge in [0.25, 0.3) is 0 Å². The molecule has 0 radical (unpaired) electrons. The van der Waals surface area contributed by atoms with Crippen LogP contribution in [0.5, 0.6) is 0 Å². The monoisotopic (exact) mass is 339 g/mol. The Morgan fingerprint density at radius 1 is 1.00 bits per heavy atom. The summed E-state index contributed by atoms with van der Waals surface area (Å²) in [5.41, 5.74) is 0. The zero-order valence-corrected chi connectivity index (χ0v) is 14.4. The van der Waals surface area contributed by atoms with Crippen LogP contribution in [0.25, 0.3) is 0 Å². The van der Waals surface area contributed by atoms with Crippen molar-refractivity contribution in [3.8, 4) is 0 Å². The van der Waals surface area contributed by atoms with Gasteiger partial charge in [-0.15, -0.1) is 0 Å². The zero-order valence-electron chi connectivity index (χ0n) is 14.4. The minimum Gasteiger partial charge on any atom is -0.481 e.